The van der Waals surface area contributed by atoms with Crippen LogP contribution < -0.4 is 4.90 Å². The molecular formula is C22H18FN5. The Morgan fingerprint density at radius 2 is 1.93 bits per heavy atom. The van der Waals surface area contributed by atoms with Crippen LogP contribution in [0, 0.1) is 40.3 Å². The summed E-state index contributed by atoms with van der Waals surface area (Å²) in [4.78, 5) is 8.64. The van der Waals surface area contributed by atoms with E-state index in [9.17, 15) is 9.65 Å². The lowest BCUT2D eigenvalue weighted by Gasteiger charge is -2.39. The summed E-state index contributed by atoms with van der Waals surface area (Å²) in [6.07, 6.45) is 3.18. The predicted molar refractivity (Wildman–Crippen MR) is 103 cm³/mol. The molecule has 0 N–H and O–H groups in total. The van der Waals surface area contributed by atoms with Gasteiger partial charge in [0.1, 0.15) is 17.7 Å². The summed E-state index contributed by atoms with van der Waals surface area (Å²) in [5.41, 5.74) is 1.75. The summed E-state index contributed by atoms with van der Waals surface area (Å²) in [6, 6.07) is 13.3. The number of rotatable bonds is 1. The van der Waals surface area contributed by atoms with Gasteiger partial charge in [0.25, 0.3) is 0 Å². The average molecular weight is 371 g/mol. The van der Waals surface area contributed by atoms with Crippen molar-refractivity contribution in [1.82, 2.24) is 9.88 Å². The molecule has 1 aromatic heterocycles. The van der Waals surface area contributed by atoms with Gasteiger partial charge >= 0.3 is 0 Å². The third-order valence-corrected chi connectivity index (χ3v) is 5.33. The third-order valence-electron chi connectivity index (χ3n) is 5.33. The van der Waals surface area contributed by atoms with E-state index in [4.69, 9.17) is 5.26 Å². The number of fused-ring (bicyclic) bond motifs is 1. The zero-order valence-corrected chi connectivity index (χ0v) is 15.3. The van der Waals surface area contributed by atoms with Gasteiger partial charge in [0, 0.05) is 31.2 Å². The van der Waals surface area contributed by atoms with Gasteiger partial charge < -0.3 is 4.90 Å². The second-order valence-electron chi connectivity index (χ2n) is 7.03. The van der Waals surface area contributed by atoms with Crippen molar-refractivity contribution in [2.75, 3.05) is 24.5 Å². The maximum absolute atomic E-state index is 13.4. The molecule has 2 atom stereocenters. The molecule has 28 heavy (non-hydrogen) atoms. The van der Waals surface area contributed by atoms with Gasteiger partial charge in [-0.15, -0.1) is 0 Å². The quantitative estimate of drug-likeness (QED) is 0.721. The molecule has 0 aliphatic carbocycles. The molecule has 2 aromatic rings. The molecule has 0 unspecified atom stereocenters. The number of nitriles is 2. The lowest BCUT2D eigenvalue weighted by Crippen LogP contribution is -2.52. The molecule has 1 aromatic carbocycles. The Kier molecular flexibility index (Phi) is 4.94. The summed E-state index contributed by atoms with van der Waals surface area (Å²) >= 11 is 0. The lowest BCUT2D eigenvalue weighted by molar-refractivity contribution is 0.202. The van der Waals surface area contributed by atoms with Crippen LogP contribution in [0.25, 0.3) is 0 Å². The number of aromatic nitrogens is 1. The fourth-order valence-electron chi connectivity index (χ4n) is 4.00. The highest BCUT2D eigenvalue weighted by molar-refractivity contribution is 5.54. The first-order chi connectivity index (χ1) is 13.7. The molecule has 5 nitrogen and oxygen atoms in total. The summed E-state index contributed by atoms with van der Waals surface area (Å²) < 4.78 is 13.4. The molecule has 0 bridgehead atoms. The van der Waals surface area contributed by atoms with E-state index in [-0.39, 0.29) is 11.6 Å². The number of halogens is 1. The van der Waals surface area contributed by atoms with Gasteiger partial charge in [-0.3, -0.25) is 4.90 Å². The second kappa shape index (κ2) is 7.69. The summed E-state index contributed by atoms with van der Waals surface area (Å²) in [5, 5.41) is 18.3. The largest absolute Gasteiger partial charge is 0.353 e. The van der Waals surface area contributed by atoms with Gasteiger partial charge in [-0.2, -0.15) is 10.5 Å². The van der Waals surface area contributed by atoms with Crippen LogP contribution in [0.3, 0.4) is 0 Å². The average Bonchev–Trinajstić information content (AvgIpc) is 3.14. The van der Waals surface area contributed by atoms with Crippen molar-refractivity contribution in [1.29, 1.82) is 10.5 Å². The van der Waals surface area contributed by atoms with Crippen LogP contribution >= 0.6 is 0 Å². The van der Waals surface area contributed by atoms with Gasteiger partial charge in [0.15, 0.2) is 0 Å². The number of anilines is 1. The predicted octanol–water partition coefficient (Wildman–Crippen LogP) is 2.67. The van der Waals surface area contributed by atoms with Crippen molar-refractivity contribution in [3.8, 4) is 24.0 Å². The van der Waals surface area contributed by atoms with E-state index >= 15 is 0 Å². The van der Waals surface area contributed by atoms with Gasteiger partial charge in [-0.25, -0.2) is 9.37 Å². The van der Waals surface area contributed by atoms with E-state index in [2.05, 4.69) is 32.7 Å². The fourth-order valence-corrected chi connectivity index (χ4v) is 4.00. The molecule has 2 aliphatic heterocycles. The number of hydrogen-bond acceptors (Lipinski definition) is 5. The zero-order chi connectivity index (χ0) is 19.5. The Bertz CT molecular complexity index is 1040. The van der Waals surface area contributed by atoms with E-state index in [1.54, 1.807) is 12.1 Å². The Morgan fingerprint density at radius 1 is 1.07 bits per heavy atom. The molecular weight excluding hydrogens is 353 g/mol. The molecule has 0 spiro atoms. The van der Waals surface area contributed by atoms with E-state index in [0.717, 1.165) is 38.0 Å². The number of pyridine rings is 1. The first kappa shape index (κ1) is 18.0. The normalized spacial score (nSPS) is 21.2. The molecule has 4 rings (SSSR count). The Morgan fingerprint density at radius 3 is 2.75 bits per heavy atom. The van der Waals surface area contributed by atoms with Crippen LogP contribution in [-0.4, -0.2) is 41.6 Å². The van der Waals surface area contributed by atoms with E-state index in [0.29, 0.717) is 17.4 Å². The first-order valence-corrected chi connectivity index (χ1v) is 9.26. The standard InChI is InChI=1S/C22H18FN5/c23-19-11-18(13-25)22(26-14-19)27-8-9-28-20(6-7-21(28)15-27)5-4-16-2-1-3-17(10-16)12-24/h1-3,10-11,14,20-21H,6-9,15H2/t20-,21-/m0/s1. The van der Waals surface area contributed by atoms with Crippen molar-refractivity contribution in [3.63, 3.8) is 0 Å². The van der Waals surface area contributed by atoms with Crippen molar-refractivity contribution in [2.45, 2.75) is 24.9 Å². The number of hydrogen-bond donors (Lipinski definition) is 0. The molecule has 0 amide bonds. The Balaban J connectivity index is 1.47. The van der Waals surface area contributed by atoms with Crippen molar-refractivity contribution >= 4 is 5.82 Å². The van der Waals surface area contributed by atoms with Crippen LogP contribution in [0.2, 0.25) is 0 Å². The second-order valence-corrected chi connectivity index (χ2v) is 7.03. The van der Waals surface area contributed by atoms with Crippen molar-refractivity contribution < 1.29 is 4.39 Å². The van der Waals surface area contributed by atoms with Crippen molar-refractivity contribution in [3.05, 3.63) is 59.0 Å². The van der Waals surface area contributed by atoms with Gasteiger partial charge in [-0.05, 0) is 37.1 Å². The minimum atomic E-state index is -0.490. The fraction of sp³-hybridized carbons (Fsp3) is 0.318. The molecule has 138 valence electrons. The van der Waals surface area contributed by atoms with E-state index in [1.165, 1.54) is 12.3 Å². The summed E-state index contributed by atoms with van der Waals surface area (Å²) in [6.45, 7) is 2.31. The molecule has 0 saturated carbocycles. The molecule has 2 fully saturated rings. The Hall–Kier alpha value is -3.40. The molecule has 2 aliphatic rings. The monoisotopic (exact) mass is 371 g/mol. The van der Waals surface area contributed by atoms with Crippen LogP contribution in [0.15, 0.2) is 36.5 Å². The minimum absolute atomic E-state index is 0.189. The highest BCUT2D eigenvalue weighted by Crippen LogP contribution is 2.30. The van der Waals surface area contributed by atoms with Crippen molar-refractivity contribution in [2.24, 2.45) is 0 Å². The van der Waals surface area contributed by atoms with Gasteiger partial charge in [0.05, 0.1) is 29.4 Å². The topological polar surface area (TPSA) is 67.0 Å². The molecule has 6 heteroatoms. The van der Waals surface area contributed by atoms with Crippen LogP contribution in [0.5, 0.6) is 0 Å². The third kappa shape index (κ3) is 3.54. The Labute approximate surface area is 163 Å². The molecule has 2 saturated heterocycles. The lowest BCUT2D eigenvalue weighted by atomic mass is 10.1. The number of nitrogens with zero attached hydrogens (tertiary/aromatic N) is 5. The van der Waals surface area contributed by atoms with Crippen LogP contribution in [0.1, 0.15) is 29.5 Å². The van der Waals surface area contributed by atoms with Gasteiger partial charge in [0.2, 0.25) is 0 Å². The minimum Gasteiger partial charge on any atom is -0.353 e. The van der Waals surface area contributed by atoms with Gasteiger partial charge in [-0.1, -0.05) is 17.9 Å². The highest BCUT2D eigenvalue weighted by atomic mass is 19.1. The zero-order valence-electron chi connectivity index (χ0n) is 15.3. The summed E-state index contributed by atoms with van der Waals surface area (Å²) in [5.74, 6) is 6.64. The maximum atomic E-state index is 13.4. The van der Waals surface area contributed by atoms with Crippen LogP contribution in [-0.2, 0) is 0 Å². The number of piperazine rings is 1. The number of benzene rings is 1. The molecule has 0 radical (unpaired) electrons. The van der Waals surface area contributed by atoms with E-state index < -0.39 is 5.82 Å². The highest BCUT2D eigenvalue weighted by Gasteiger charge is 2.37. The maximum Gasteiger partial charge on any atom is 0.146 e. The molecule has 3 heterocycles. The summed E-state index contributed by atoms with van der Waals surface area (Å²) in [7, 11) is 0. The smallest absolute Gasteiger partial charge is 0.146 e. The van der Waals surface area contributed by atoms with Crippen LogP contribution in [0.4, 0.5) is 10.2 Å². The first-order valence-electron chi connectivity index (χ1n) is 9.26. The van der Waals surface area contributed by atoms with E-state index in [1.807, 2.05) is 18.2 Å². The SMILES string of the molecule is N#Cc1cccc(C#C[C@H]2CC[C@H]3CN(c4ncc(F)cc4C#N)CCN32)c1.